The van der Waals surface area contributed by atoms with Crippen molar-refractivity contribution in [1.82, 2.24) is 19.5 Å². The molecule has 96 valence electrons. The second-order valence-corrected chi connectivity index (χ2v) is 3.74. The van der Waals surface area contributed by atoms with Gasteiger partial charge in [0, 0.05) is 19.9 Å². The third-order valence-corrected chi connectivity index (χ3v) is 2.47. The highest BCUT2D eigenvalue weighted by molar-refractivity contribution is 5.75. The molecule has 0 fully saturated rings. The van der Waals surface area contributed by atoms with Gasteiger partial charge in [-0.2, -0.15) is 5.10 Å². The first-order valence-electron chi connectivity index (χ1n) is 5.51. The zero-order valence-corrected chi connectivity index (χ0v) is 10.00. The molecule has 0 aromatic carbocycles. The first-order chi connectivity index (χ1) is 8.72. The summed E-state index contributed by atoms with van der Waals surface area (Å²) in [4.78, 5) is 23.5. The maximum atomic E-state index is 11.9. The van der Waals surface area contributed by atoms with Crippen LogP contribution in [0, 0.1) is 0 Å². The predicted molar refractivity (Wildman–Crippen MR) is 64.3 cm³/mol. The standard InChI is InChI=1S/C11H14N4O3/c1-18-6-4-12-10(16)7-15-11(17)9-3-2-5-14(9)8-13-15/h2-3,5,8H,4,6-7H2,1H3,(H,12,16). The van der Waals surface area contributed by atoms with Gasteiger partial charge in [0.1, 0.15) is 18.4 Å². The molecule has 0 atom stereocenters. The van der Waals surface area contributed by atoms with E-state index in [1.165, 1.54) is 6.33 Å². The molecule has 0 spiro atoms. The average Bonchev–Trinajstić information content (AvgIpc) is 2.82. The van der Waals surface area contributed by atoms with Gasteiger partial charge in [-0.1, -0.05) is 0 Å². The quantitative estimate of drug-likeness (QED) is 0.709. The number of hydrogen-bond acceptors (Lipinski definition) is 4. The van der Waals surface area contributed by atoms with E-state index in [9.17, 15) is 9.59 Å². The number of aromatic nitrogens is 3. The lowest BCUT2D eigenvalue weighted by atomic mass is 10.5. The van der Waals surface area contributed by atoms with Crippen LogP contribution >= 0.6 is 0 Å². The highest BCUT2D eigenvalue weighted by Gasteiger charge is 2.07. The number of amides is 1. The Morgan fingerprint density at radius 2 is 2.39 bits per heavy atom. The fourth-order valence-electron chi connectivity index (χ4n) is 1.58. The summed E-state index contributed by atoms with van der Waals surface area (Å²) in [5, 5.41) is 6.55. The van der Waals surface area contributed by atoms with E-state index in [2.05, 4.69) is 10.4 Å². The molecular weight excluding hydrogens is 236 g/mol. The lowest BCUT2D eigenvalue weighted by molar-refractivity contribution is -0.122. The number of carbonyl (C=O) groups excluding carboxylic acids is 1. The monoisotopic (exact) mass is 250 g/mol. The van der Waals surface area contributed by atoms with Crippen LogP contribution < -0.4 is 10.9 Å². The number of fused-ring (bicyclic) bond motifs is 1. The van der Waals surface area contributed by atoms with Gasteiger partial charge in [-0.15, -0.1) is 0 Å². The number of hydrogen-bond donors (Lipinski definition) is 1. The van der Waals surface area contributed by atoms with Gasteiger partial charge < -0.3 is 14.5 Å². The number of carbonyl (C=O) groups is 1. The Hall–Kier alpha value is -2.15. The number of nitrogens with one attached hydrogen (secondary N) is 1. The summed E-state index contributed by atoms with van der Waals surface area (Å²) in [7, 11) is 1.55. The zero-order valence-electron chi connectivity index (χ0n) is 10.00. The molecule has 7 nitrogen and oxygen atoms in total. The summed E-state index contributed by atoms with van der Waals surface area (Å²) in [6.07, 6.45) is 3.23. The highest BCUT2D eigenvalue weighted by atomic mass is 16.5. The maximum absolute atomic E-state index is 11.9. The van der Waals surface area contributed by atoms with Crippen molar-refractivity contribution in [3.05, 3.63) is 35.0 Å². The van der Waals surface area contributed by atoms with Gasteiger partial charge in [0.2, 0.25) is 5.91 Å². The molecule has 2 aromatic heterocycles. The minimum atomic E-state index is -0.288. The van der Waals surface area contributed by atoms with Crippen LogP contribution in [0.5, 0.6) is 0 Å². The number of nitrogens with zero attached hydrogens (tertiary/aromatic N) is 3. The van der Waals surface area contributed by atoms with E-state index in [4.69, 9.17) is 4.74 Å². The zero-order chi connectivity index (χ0) is 13.0. The minimum Gasteiger partial charge on any atom is -0.383 e. The molecule has 0 aliphatic carbocycles. The molecule has 0 bridgehead atoms. The van der Waals surface area contributed by atoms with Crippen LogP contribution in [-0.4, -0.2) is 40.3 Å². The van der Waals surface area contributed by atoms with E-state index in [-0.39, 0.29) is 18.0 Å². The van der Waals surface area contributed by atoms with Crippen LogP contribution in [0.15, 0.2) is 29.5 Å². The minimum absolute atomic E-state index is 0.0930. The Morgan fingerprint density at radius 1 is 1.56 bits per heavy atom. The Balaban J connectivity index is 2.09. The summed E-state index contributed by atoms with van der Waals surface area (Å²) >= 11 is 0. The van der Waals surface area contributed by atoms with Crippen LogP contribution in [0.3, 0.4) is 0 Å². The van der Waals surface area contributed by atoms with Crippen molar-refractivity contribution in [3.8, 4) is 0 Å². The molecule has 2 rings (SSSR count). The van der Waals surface area contributed by atoms with Crippen molar-refractivity contribution in [1.29, 1.82) is 0 Å². The lowest BCUT2D eigenvalue weighted by Crippen LogP contribution is -2.35. The van der Waals surface area contributed by atoms with E-state index in [0.29, 0.717) is 18.7 Å². The molecule has 0 aliphatic heterocycles. The van der Waals surface area contributed by atoms with Gasteiger partial charge in [0.05, 0.1) is 6.61 Å². The molecule has 0 saturated heterocycles. The van der Waals surface area contributed by atoms with Crippen LogP contribution in [0.4, 0.5) is 0 Å². The Bertz CT molecular complexity index is 602. The molecule has 2 heterocycles. The summed E-state index contributed by atoms with van der Waals surface area (Å²) in [6.45, 7) is 0.757. The van der Waals surface area contributed by atoms with E-state index in [1.807, 2.05) is 0 Å². The molecule has 0 unspecified atom stereocenters. The second kappa shape index (κ2) is 5.46. The Labute approximate surface area is 103 Å². The largest absolute Gasteiger partial charge is 0.383 e. The van der Waals surface area contributed by atoms with Crippen molar-refractivity contribution in [2.45, 2.75) is 6.54 Å². The molecule has 18 heavy (non-hydrogen) atoms. The average molecular weight is 250 g/mol. The fraction of sp³-hybridized carbons (Fsp3) is 0.364. The second-order valence-electron chi connectivity index (χ2n) is 3.74. The third kappa shape index (κ3) is 2.57. The van der Waals surface area contributed by atoms with Gasteiger partial charge in [-0.25, -0.2) is 4.68 Å². The molecule has 0 radical (unpaired) electrons. The van der Waals surface area contributed by atoms with Crippen LogP contribution in [-0.2, 0) is 16.1 Å². The van der Waals surface area contributed by atoms with Gasteiger partial charge in [0.15, 0.2) is 0 Å². The fourth-order valence-corrected chi connectivity index (χ4v) is 1.58. The molecule has 1 amide bonds. The van der Waals surface area contributed by atoms with Crippen molar-refractivity contribution < 1.29 is 9.53 Å². The molecule has 1 N–H and O–H groups in total. The SMILES string of the molecule is COCCNC(=O)Cn1ncn2cccc2c1=O. The van der Waals surface area contributed by atoms with Crippen LogP contribution in [0.25, 0.3) is 5.52 Å². The molecule has 2 aromatic rings. The van der Waals surface area contributed by atoms with Crippen molar-refractivity contribution in [3.63, 3.8) is 0 Å². The summed E-state index contributed by atoms with van der Waals surface area (Å²) in [6, 6.07) is 3.44. The molecular formula is C11H14N4O3. The first-order valence-corrected chi connectivity index (χ1v) is 5.51. The number of ether oxygens (including phenoxy) is 1. The van der Waals surface area contributed by atoms with Gasteiger partial charge in [-0.3, -0.25) is 9.59 Å². The number of rotatable bonds is 5. The van der Waals surface area contributed by atoms with Gasteiger partial charge >= 0.3 is 0 Å². The van der Waals surface area contributed by atoms with Gasteiger partial charge in [0.25, 0.3) is 5.56 Å². The Morgan fingerprint density at radius 3 is 3.17 bits per heavy atom. The smallest absolute Gasteiger partial charge is 0.291 e. The Kier molecular flexibility index (Phi) is 3.73. The maximum Gasteiger partial charge on any atom is 0.291 e. The topological polar surface area (TPSA) is 77.6 Å². The van der Waals surface area contributed by atoms with Crippen molar-refractivity contribution in [2.24, 2.45) is 0 Å². The molecule has 0 aliphatic rings. The van der Waals surface area contributed by atoms with E-state index in [1.54, 1.807) is 29.8 Å². The van der Waals surface area contributed by atoms with Crippen molar-refractivity contribution >= 4 is 11.4 Å². The van der Waals surface area contributed by atoms with Crippen LogP contribution in [0.1, 0.15) is 0 Å². The van der Waals surface area contributed by atoms with E-state index in [0.717, 1.165) is 4.68 Å². The predicted octanol–water partition coefficient (Wildman–Crippen LogP) is -0.741. The lowest BCUT2D eigenvalue weighted by Gasteiger charge is -2.06. The molecule has 7 heteroatoms. The van der Waals surface area contributed by atoms with E-state index >= 15 is 0 Å². The highest BCUT2D eigenvalue weighted by Crippen LogP contribution is 1.95. The summed E-state index contributed by atoms with van der Waals surface area (Å²) in [5.74, 6) is -0.266. The van der Waals surface area contributed by atoms with Crippen molar-refractivity contribution in [2.75, 3.05) is 20.3 Å². The third-order valence-electron chi connectivity index (χ3n) is 2.47. The van der Waals surface area contributed by atoms with Crippen LogP contribution in [0.2, 0.25) is 0 Å². The van der Waals surface area contributed by atoms with Gasteiger partial charge in [-0.05, 0) is 12.1 Å². The normalized spacial score (nSPS) is 10.7. The number of methoxy groups -OCH3 is 1. The van der Waals surface area contributed by atoms with E-state index < -0.39 is 0 Å². The molecule has 0 saturated carbocycles. The first kappa shape index (κ1) is 12.3. The summed E-state index contributed by atoms with van der Waals surface area (Å²) in [5.41, 5.74) is 0.207. The summed E-state index contributed by atoms with van der Waals surface area (Å²) < 4.78 is 7.56.